The maximum absolute atomic E-state index is 2.44. The molecule has 11 rings (SSSR count). The Morgan fingerprint density at radius 3 is 1.42 bits per heavy atom. The van der Waals surface area contributed by atoms with E-state index in [9.17, 15) is 0 Å². The van der Waals surface area contributed by atoms with E-state index in [2.05, 4.69) is 252 Å². The van der Waals surface area contributed by atoms with Crippen molar-refractivity contribution < 1.29 is 0 Å². The molecule has 282 valence electrons. The van der Waals surface area contributed by atoms with Gasteiger partial charge in [-0.2, -0.15) is 0 Å². The van der Waals surface area contributed by atoms with Crippen molar-refractivity contribution in [1.82, 2.24) is 4.57 Å². The molecule has 0 spiro atoms. The molecule has 10 aromatic carbocycles. The first-order valence-electron chi connectivity index (χ1n) is 20.6. The van der Waals surface area contributed by atoms with Gasteiger partial charge >= 0.3 is 0 Å². The van der Waals surface area contributed by atoms with E-state index in [1.54, 1.807) is 0 Å². The highest BCUT2D eigenvalue weighted by Gasteiger charge is 2.19. The molecule has 1 heterocycles. The Labute approximate surface area is 350 Å². The van der Waals surface area contributed by atoms with E-state index in [1.807, 2.05) is 0 Å². The molecule has 1 aromatic heterocycles. The predicted octanol–water partition coefficient (Wildman–Crippen LogP) is 16.1. The van der Waals surface area contributed by atoms with Gasteiger partial charge in [0.2, 0.25) is 0 Å². The van der Waals surface area contributed by atoms with Crippen LogP contribution < -0.4 is 4.90 Å². The van der Waals surface area contributed by atoms with E-state index in [0.29, 0.717) is 0 Å². The van der Waals surface area contributed by atoms with Gasteiger partial charge in [0.1, 0.15) is 0 Å². The number of fused-ring (bicyclic) bond motifs is 4. The molecule has 60 heavy (non-hydrogen) atoms. The van der Waals surface area contributed by atoms with Crippen LogP contribution in [0.25, 0.3) is 82.8 Å². The maximum Gasteiger partial charge on any atom is 0.0561 e. The van der Waals surface area contributed by atoms with E-state index in [0.717, 1.165) is 28.3 Å². The van der Waals surface area contributed by atoms with Crippen molar-refractivity contribution in [2.45, 2.75) is 0 Å². The van der Waals surface area contributed by atoms with Gasteiger partial charge in [-0.3, -0.25) is 0 Å². The Morgan fingerprint density at radius 1 is 0.267 bits per heavy atom. The third-order valence-corrected chi connectivity index (χ3v) is 11.8. The minimum absolute atomic E-state index is 1.09. The van der Waals surface area contributed by atoms with Crippen molar-refractivity contribution in [3.63, 3.8) is 0 Å². The third-order valence-electron chi connectivity index (χ3n) is 11.8. The van der Waals surface area contributed by atoms with Crippen LogP contribution in [0.15, 0.2) is 243 Å². The highest BCUT2D eigenvalue weighted by atomic mass is 15.1. The van der Waals surface area contributed by atoms with E-state index >= 15 is 0 Å². The van der Waals surface area contributed by atoms with Crippen molar-refractivity contribution in [2.75, 3.05) is 4.90 Å². The molecule has 0 aliphatic heterocycles. The largest absolute Gasteiger partial charge is 0.310 e. The van der Waals surface area contributed by atoms with Crippen LogP contribution in [0.3, 0.4) is 0 Å². The van der Waals surface area contributed by atoms with Crippen molar-refractivity contribution in [2.24, 2.45) is 0 Å². The molecule has 0 N–H and O–H groups in total. The van der Waals surface area contributed by atoms with Crippen molar-refractivity contribution in [3.05, 3.63) is 243 Å². The van der Waals surface area contributed by atoms with Gasteiger partial charge in [-0.1, -0.05) is 182 Å². The van der Waals surface area contributed by atoms with Crippen molar-refractivity contribution in [1.29, 1.82) is 0 Å². The molecule has 0 atom stereocenters. The zero-order chi connectivity index (χ0) is 39.8. The Balaban J connectivity index is 1.09. The summed E-state index contributed by atoms with van der Waals surface area (Å²) >= 11 is 0. The van der Waals surface area contributed by atoms with Crippen LogP contribution >= 0.6 is 0 Å². The SMILES string of the molecule is c1ccc(-c2ccc(N(c3ccc(-c4ccccc4)cc3)c3ccc4c5ccccc5n(-c5ccc(-c6ccc7ccccc7c6)c(-c6ccccc6)c5)c4c3)cc2)cc1. The number of benzene rings is 10. The summed E-state index contributed by atoms with van der Waals surface area (Å²) in [6.45, 7) is 0. The lowest BCUT2D eigenvalue weighted by Gasteiger charge is -2.26. The molecule has 0 aliphatic rings. The highest BCUT2D eigenvalue weighted by Crippen LogP contribution is 2.42. The summed E-state index contributed by atoms with van der Waals surface area (Å²) in [6.07, 6.45) is 0. The second-order valence-electron chi connectivity index (χ2n) is 15.4. The summed E-state index contributed by atoms with van der Waals surface area (Å²) in [6, 6.07) is 87.9. The normalized spacial score (nSPS) is 11.3. The average molecular weight is 765 g/mol. The summed E-state index contributed by atoms with van der Waals surface area (Å²) < 4.78 is 2.44. The summed E-state index contributed by atoms with van der Waals surface area (Å²) in [5.74, 6) is 0. The Kier molecular flexibility index (Phi) is 8.87. The number of rotatable bonds is 8. The predicted molar refractivity (Wildman–Crippen MR) is 255 cm³/mol. The number of hydrogen-bond acceptors (Lipinski definition) is 1. The van der Waals surface area contributed by atoms with Crippen LogP contribution in [0.2, 0.25) is 0 Å². The van der Waals surface area contributed by atoms with Gasteiger partial charge in [0, 0.05) is 33.5 Å². The average Bonchev–Trinajstić information content (AvgIpc) is 3.66. The van der Waals surface area contributed by atoms with E-state index in [4.69, 9.17) is 0 Å². The zero-order valence-corrected chi connectivity index (χ0v) is 33.0. The summed E-state index contributed by atoms with van der Waals surface area (Å²) in [5.41, 5.74) is 16.3. The third kappa shape index (κ3) is 6.41. The van der Waals surface area contributed by atoms with Crippen LogP contribution in [0.1, 0.15) is 0 Å². The fourth-order valence-corrected chi connectivity index (χ4v) is 8.83. The number of para-hydroxylation sites is 1. The van der Waals surface area contributed by atoms with Crippen molar-refractivity contribution >= 4 is 49.6 Å². The van der Waals surface area contributed by atoms with Crippen LogP contribution in [0.4, 0.5) is 17.1 Å². The molecule has 2 heteroatoms. The Hall–Kier alpha value is -7.94. The van der Waals surface area contributed by atoms with E-state index in [-0.39, 0.29) is 0 Å². The monoisotopic (exact) mass is 764 g/mol. The summed E-state index contributed by atoms with van der Waals surface area (Å²) in [5, 5.41) is 4.92. The second-order valence-corrected chi connectivity index (χ2v) is 15.4. The van der Waals surface area contributed by atoms with Gasteiger partial charge in [-0.05, 0) is 116 Å². The lowest BCUT2D eigenvalue weighted by Crippen LogP contribution is -2.10. The van der Waals surface area contributed by atoms with Gasteiger partial charge in [0.15, 0.2) is 0 Å². The fraction of sp³-hybridized carbons (Fsp3) is 0. The number of hydrogen-bond donors (Lipinski definition) is 0. The molecule has 11 aromatic rings. The molecule has 0 radical (unpaired) electrons. The van der Waals surface area contributed by atoms with Gasteiger partial charge in [0.25, 0.3) is 0 Å². The molecule has 0 fully saturated rings. The molecule has 2 nitrogen and oxygen atoms in total. The topological polar surface area (TPSA) is 8.17 Å². The quantitative estimate of drug-likeness (QED) is 0.150. The molecule has 0 saturated carbocycles. The Morgan fingerprint density at radius 2 is 0.767 bits per heavy atom. The first kappa shape index (κ1) is 35.2. The van der Waals surface area contributed by atoms with Crippen LogP contribution in [0.5, 0.6) is 0 Å². The molecular formula is C58H40N2. The van der Waals surface area contributed by atoms with Crippen LogP contribution in [-0.4, -0.2) is 4.57 Å². The fourth-order valence-electron chi connectivity index (χ4n) is 8.83. The van der Waals surface area contributed by atoms with Gasteiger partial charge in [-0.15, -0.1) is 0 Å². The van der Waals surface area contributed by atoms with E-state index in [1.165, 1.54) is 71.6 Å². The lowest BCUT2D eigenvalue weighted by molar-refractivity contribution is 1.18. The molecule has 0 aliphatic carbocycles. The molecule has 0 unspecified atom stereocenters. The molecule has 0 amide bonds. The minimum atomic E-state index is 1.09. The lowest BCUT2D eigenvalue weighted by atomic mass is 9.92. The highest BCUT2D eigenvalue weighted by molar-refractivity contribution is 6.10. The van der Waals surface area contributed by atoms with Crippen LogP contribution in [-0.2, 0) is 0 Å². The zero-order valence-electron chi connectivity index (χ0n) is 33.0. The second kappa shape index (κ2) is 15.1. The van der Waals surface area contributed by atoms with Crippen molar-refractivity contribution in [3.8, 4) is 50.2 Å². The summed E-state index contributed by atoms with van der Waals surface area (Å²) in [4.78, 5) is 2.38. The number of aromatic nitrogens is 1. The number of anilines is 3. The first-order valence-corrected chi connectivity index (χ1v) is 20.6. The van der Waals surface area contributed by atoms with Gasteiger partial charge in [0.05, 0.1) is 11.0 Å². The smallest absolute Gasteiger partial charge is 0.0561 e. The maximum atomic E-state index is 2.44. The van der Waals surface area contributed by atoms with Gasteiger partial charge < -0.3 is 9.47 Å². The van der Waals surface area contributed by atoms with E-state index < -0.39 is 0 Å². The van der Waals surface area contributed by atoms with Crippen LogP contribution in [0, 0.1) is 0 Å². The Bertz CT molecular complexity index is 3190. The molecular weight excluding hydrogens is 725 g/mol. The van der Waals surface area contributed by atoms with Gasteiger partial charge in [-0.25, -0.2) is 0 Å². The standard InChI is InChI=1S/C58H40N2/c1-4-14-41(15-5-1)44-26-30-49(31-27-44)59(50-32-28-45(29-33-50)42-16-6-2-7-17-42)52-35-37-55-54-22-12-13-23-57(54)60(58(55)40-52)51-34-36-53(56(39-51)46-19-8-3-9-20-46)48-25-24-43-18-10-11-21-47(43)38-48/h1-40H. The number of nitrogens with zero attached hydrogens (tertiary/aromatic N) is 2. The molecule has 0 saturated heterocycles. The summed E-state index contributed by atoms with van der Waals surface area (Å²) in [7, 11) is 0. The first-order chi connectivity index (χ1) is 29.7. The molecule has 0 bridgehead atoms. The minimum Gasteiger partial charge on any atom is -0.310 e.